The van der Waals surface area contributed by atoms with Crippen LogP contribution in [0.1, 0.15) is 69.6 Å². The molecule has 1 aliphatic carbocycles. The molecule has 1 aromatic rings. The molecule has 6 nitrogen and oxygen atoms in total. The zero-order chi connectivity index (χ0) is 16.2. The number of carbonyl (C=O) groups excluding carboxylic acids is 1. The van der Waals surface area contributed by atoms with Crippen LogP contribution < -0.4 is 5.32 Å². The lowest BCUT2D eigenvalue weighted by molar-refractivity contribution is -0.119. The molecule has 23 heavy (non-hydrogen) atoms. The smallest absolute Gasteiger partial charge is 0.249 e. The average molecular weight is 319 g/mol. The zero-order valence-electron chi connectivity index (χ0n) is 13.9. The molecule has 1 aliphatic heterocycles. The van der Waals surface area contributed by atoms with Crippen molar-refractivity contribution in [3.63, 3.8) is 0 Å². The molecule has 1 amide bonds. The van der Waals surface area contributed by atoms with E-state index in [0.29, 0.717) is 24.9 Å². The first-order chi connectivity index (χ1) is 11.1. The van der Waals surface area contributed by atoms with Gasteiger partial charge in [0.05, 0.1) is 0 Å². The predicted molar refractivity (Wildman–Crippen MR) is 84.7 cm³/mol. The van der Waals surface area contributed by atoms with Crippen molar-refractivity contribution >= 4 is 5.91 Å². The summed E-state index contributed by atoms with van der Waals surface area (Å²) in [5.41, 5.74) is 0.880. The molecule has 0 radical (unpaired) electrons. The zero-order valence-corrected chi connectivity index (χ0v) is 13.9. The van der Waals surface area contributed by atoms with Crippen LogP contribution in [0.25, 0.3) is 0 Å². The molecule has 0 saturated carbocycles. The summed E-state index contributed by atoms with van der Waals surface area (Å²) in [4.78, 5) is 17.0. The Balaban J connectivity index is 1.78. The first kappa shape index (κ1) is 16.2. The maximum atomic E-state index is 12.5. The number of nitrogens with zero attached hydrogens (tertiary/aromatic N) is 2. The molecule has 3 rings (SSSR count). The quantitative estimate of drug-likeness (QED) is 0.903. The van der Waals surface area contributed by atoms with Crippen LogP contribution in [-0.4, -0.2) is 29.3 Å². The fourth-order valence-corrected chi connectivity index (χ4v) is 3.15. The summed E-state index contributed by atoms with van der Waals surface area (Å²) in [5.74, 6) is 1.69. The van der Waals surface area contributed by atoms with E-state index in [-0.39, 0.29) is 23.8 Å². The summed E-state index contributed by atoms with van der Waals surface area (Å²) < 4.78 is 10.9. The van der Waals surface area contributed by atoms with Crippen molar-refractivity contribution in [1.82, 2.24) is 15.5 Å². The second-order valence-electron chi connectivity index (χ2n) is 6.67. The van der Waals surface area contributed by atoms with Gasteiger partial charge in [-0.25, -0.2) is 0 Å². The lowest BCUT2D eigenvalue weighted by Crippen LogP contribution is -2.36. The van der Waals surface area contributed by atoms with Crippen LogP contribution in [0.15, 0.2) is 16.2 Å². The Hall–Kier alpha value is -1.69. The second kappa shape index (κ2) is 7.25. The minimum absolute atomic E-state index is 0.00305. The number of rotatable bonds is 5. The van der Waals surface area contributed by atoms with E-state index in [4.69, 9.17) is 9.26 Å². The molecule has 0 aromatic carbocycles. The molecule has 6 heteroatoms. The Morgan fingerprint density at radius 2 is 2.13 bits per heavy atom. The second-order valence-corrected chi connectivity index (χ2v) is 6.67. The van der Waals surface area contributed by atoms with Gasteiger partial charge < -0.3 is 14.6 Å². The van der Waals surface area contributed by atoms with E-state index in [1.54, 1.807) is 0 Å². The molecular weight excluding hydrogens is 294 g/mol. The fraction of sp³-hybridized carbons (Fsp3) is 0.706. The predicted octanol–water partition coefficient (Wildman–Crippen LogP) is 2.89. The lowest BCUT2D eigenvalue weighted by Gasteiger charge is -2.28. The molecule has 1 N–H and O–H groups in total. The van der Waals surface area contributed by atoms with Crippen LogP contribution in [0.4, 0.5) is 0 Å². The Kier molecular flexibility index (Phi) is 5.10. The molecular formula is C17H25N3O3. The van der Waals surface area contributed by atoms with Crippen LogP contribution >= 0.6 is 0 Å². The van der Waals surface area contributed by atoms with Gasteiger partial charge in [0, 0.05) is 24.7 Å². The van der Waals surface area contributed by atoms with Gasteiger partial charge in [-0.3, -0.25) is 4.79 Å². The number of amides is 1. The SMILES string of the molecule is CC(C)c1noc([C@H](NC(=O)C2=CCCC2)C2CCOCC2)n1. The number of hydrogen-bond acceptors (Lipinski definition) is 5. The van der Waals surface area contributed by atoms with E-state index in [0.717, 1.165) is 37.7 Å². The van der Waals surface area contributed by atoms with Crippen molar-refractivity contribution in [2.75, 3.05) is 13.2 Å². The van der Waals surface area contributed by atoms with Crippen LogP contribution in [0.5, 0.6) is 0 Å². The first-order valence-corrected chi connectivity index (χ1v) is 8.56. The first-order valence-electron chi connectivity index (χ1n) is 8.56. The van der Waals surface area contributed by atoms with Crippen LogP contribution in [0.2, 0.25) is 0 Å². The minimum Gasteiger partial charge on any atom is -0.381 e. The number of aromatic nitrogens is 2. The van der Waals surface area contributed by atoms with Crippen molar-refractivity contribution in [2.45, 2.75) is 57.9 Å². The summed E-state index contributed by atoms with van der Waals surface area (Å²) in [6.07, 6.45) is 6.72. The normalized spacial score (nSPS) is 20.6. The Bertz CT molecular complexity index is 573. The molecule has 0 bridgehead atoms. The molecule has 126 valence electrons. The van der Waals surface area contributed by atoms with Gasteiger partial charge >= 0.3 is 0 Å². The van der Waals surface area contributed by atoms with Gasteiger partial charge in [-0.1, -0.05) is 25.1 Å². The van der Waals surface area contributed by atoms with Gasteiger partial charge in [0.25, 0.3) is 0 Å². The van der Waals surface area contributed by atoms with Crippen LogP contribution in [-0.2, 0) is 9.53 Å². The van der Waals surface area contributed by atoms with Gasteiger partial charge in [-0.05, 0) is 38.0 Å². The molecule has 0 unspecified atom stereocenters. The molecule has 1 fully saturated rings. The highest BCUT2D eigenvalue weighted by Gasteiger charge is 2.32. The number of allylic oxidation sites excluding steroid dienone is 1. The van der Waals surface area contributed by atoms with E-state index in [2.05, 4.69) is 15.5 Å². The van der Waals surface area contributed by atoms with E-state index in [1.807, 2.05) is 19.9 Å². The summed E-state index contributed by atoms with van der Waals surface area (Å²) in [7, 11) is 0. The third-order valence-electron chi connectivity index (χ3n) is 4.60. The Morgan fingerprint density at radius 1 is 1.35 bits per heavy atom. The number of carbonyl (C=O) groups is 1. The topological polar surface area (TPSA) is 77.2 Å². The van der Waals surface area contributed by atoms with Crippen LogP contribution in [0, 0.1) is 5.92 Å². The van der Waals surface area contributed by atoms with Gasteiger partial charge in [0.15, 0.2) is 5.82 Å². The van der Waals surface area contributed by atoms with Gasteiger partial charge in [-0.15, -0.1) is 0 Å². The van der Waals surface area contributed by atoms with Crippen LogP contribution in [0.3, 0.4) is 0 Å². The maximum Gasteiger partial charge on any atom is 0.249 e. The monoisotopic (exact) mass is 319 g/mol. The van der Waals surface area contributed by atoms with Crippen molar-refractivity contribution in [2.24, 2.45) is 5.92 Å². The molecule has 1 atom stereocenters. The molecule has 2 heterocycles. The third kappa shape index (κ3) is 3.80. The van der Waals surface area contributed by atoms with E-state index in [1.165, 1.54) is 0 Å². The number of ether oxygens (including phenoxy) is 1. The summed E-state index contributed by atoms with van der Waals surface area (Å²) in [5, 5.41) is 7.19. The van der Waals surface area contributed by atoms with E-state index in [9.17, 15) is 4.79 Å². The van der Waals surface area contributed by atoms with Crippen molar-refractivity contribution in [3.8, 4) is 0 Å². The lowest BCUT2D eigenvalue weighted by atomic mass is 9.91. The third-order valence-corrected chi connectivity index (χ3v) is 4.60. The summed E-state index contributed by atoms with van der Waals surface area (Å²) in [6, 6.07) is -0.229. The highest BCUT2D eigenvalue weighted by Crippen LogP contribution is 2.31. The Labute approximate surface area is 136 Å². The maximum absolute atomic E-state index is 12.5. The highest BCUT2D eigenvalue weighted by molar-refractivity contribution is 5.94. The average Bonchev–Trinajstić information content (AvgIpc) is 3.24. The largest absolute Gasteiger partial charge is 0.381 e. The highest BCUT2D eigenvalue weighted by atomic mass is 16.5. The summed E-state index contributed by atoms with van der Waals surface area (Å²) >= 11 is 0. The van der Waals surface area contributed by atoms with Gasteiger partial charge in [-0.2, -0.15) is 4.98 Å². The van der Waals surface area contributed by atoms with Crippen molar-refractivity contribution < 1.29 is 14.1 Å². The van der Waals surface area contributed by atoms with Gasteiger partial charge in [0.2, 0.25) is 11.8 Å². The molecule has 1 saturated heterocycles. The molecule has 0 spiro atoms. The number of nitrogens with one attached hydrogen (secondary N) is 1. The fourth-order valence-electron chi connectivity index (χ4n) is 3.15. The minimum atomic E-state index is -0.229. The van der Waals surface area contributed by atoms with Crippen molar-refractivity contribution in [1.29, 1.82) is 0 Å². The molecule has 2 aliphatic rings. The van der Waals surface area contributed by atoms with Crippen molar-refractivity contribution in [3.05, 3.63) is 23.4 Å². The van der Waals surface area contributed by atoms with E-state index >= 15 is 0 Å². The summed E-state index contributed by atoms with van der Waals surface area (Å²) in [6.45, 7) is 5.48. The van der Waals surface area contributed by atoms with Gasteiger partial charge in [0.1, 0.15) is 6.04 Å². The standard InChI is InChI=1S/C17H25N3O3/c1-11(2)15-19-17(23-20-15)14(12-7-9-22-10-8-12)18-16(21)13-5-3-4-6-13/h5,11-12,14H,3-4,6-10H2,1-2H3,(H,18,21)/t14-/m1/s1. The number of hydrogen-bond donors (Lipinski definition) is 1. The van der Waals surface area contributed by atoms with E-state index < -0.39 is 0 Å². The molecule has 1 aromatic heterocycles. The Morgan fingerprint density at radius 3 is 2.74 bits per heavy atom.